The summed E-state index contributed by atoms with van der Waals surface area (Å²) < 4.78 is 5.91. The first-order valence-electron chi connectivity index (χ1n) is 7.44. The Morgan fingerprint density at radius 1 is 1.43 bits per heavy atom. The first kappa shape index (κ1) is 14.5. The minimum absolute atomic E-state index is 0.0618. The van der Waals surface area contributed by atoms with Gasteiger partial charge in [0, 0.05) is 37.0 Å². The Bertz CT molecular complexity index is 607. The number of nitrogens with zero attached hydrogens (tertiary/aromatic N) is 1. The van der Waals surface area contributed by atoms with E-state index in [1.807, 2.05) is 11.6 Å². The van der Waals surface area contributed by atoms with Crippen molar-refractivity contribution in [3.63, 3.8) is 0 Å². The van der Waals surface area contributed by atoms with Gasteiger partial charge in [-0.1, -0.05) is 19.1 Å². The zero-order valence-electron chi connectivity index (χ0n) is 12.8. The summed E-state index contributed by atoms with van der Waals surface area (Å²) in [5.41, 5.74) is 2.59. The minimum atomic E-state index is -0.0618. The van der Waals surface area contributed by atoms with E-state index in [1.54, 1.807) is 11.3 Å². The fourth-order valence-electron chi connectivity index (χ4n) is 2.77. The lowest BCUT2D eigenvalue weighted by atomic mass is 10.0. The van der Waals surface area contributed by atoms with Crippen molar-refractivity contribution >= 4 is 11.3 Å². The molecule has 1 aliphatic heterocycles. The Balaban J connectivity index is 1.55. The van der Waals surface area contributed by atoms with Gasteiger partial charge in [0.05, 0.1) is 5.01 Å². The van der Waals surface area contributed by atoms with Crippen molar-refractivity contribution in [1.82, 2.24) is 10.3 Å². The number of ether oxygens (including phenoxy) is 1. The molecular formula is C17H22N2OS. The van der Waals surface area contributed by atoms with Crippen LogP contribution in [-0.4, -0.2) is 17.1 Å². The van der Waals surface area contributed by atoms with Crippen molar-refractivity contribution in [2.45, 2.75) is 45.3 Å². The van der Waals surface area contributed by atoms with Crippen molar-refractivity contribution in [2.75, 3.05) is 6.54 Å². The van der Waals surface area contributed by atoms with Crippen LogP contribution in [0, 0.1) is 0 Å². The molecule has 1 atom stereocenters. The summed E-state index contributed by atoms with van der Waals surface area (Å²) in [6.07, 6.45) is 2.87. The summed E-state index contributed by atoms with van der Waals surface area (Å²) in [6.45, 7) is 8.34. The molecule has 0 spiro atoms. The van der Waals surface area contributed by atoms with Gasteiger partial charge in [-0.05, 0) is 31.0 Å². The molecular weight excluding hydrogens is 280 g/mol. The molecule has 0 aliphatic carbocycles. The Morgan fingerprint density at radius 3 is 3.05 bits per heavy atom. The lowest BCUT2D eigenvalue weighted by Crippen LogP contribution is -2.24. The molecule has 1 unspecified atom stereocenters. The molecule has 112 valence electrons. The van der Waals surface area contributed by atoms with E-state index in [0.29, 0.717) is 5.92 Å². The molecule has 21 heavy (non-hydrogen) atoms. The topological polar surface area (TPSA) is 34.1 Å². The standard InChI is InChI=1S/C17H22N2OS/c1-12(16-19-6-7-21-16)10-18-11-13-4-5-15-14(8-13)9-17(2,3)20-15/h4-8,12,18H,9-11H2,1-3H3. The molecule has 0 saturated heterocycles. The predicted molar refractivity (Wildman–Crippen MR) is 87.1 cm³/mol. The molecule has 0 fully saturated rings. The molecule has 1 aliphatic rings. The van der Waals surface area contributed by atoms with Crippen LogP contribution >= 0.6 is 11.3 Å². The number of fused-ring (bicyclic) bond motifs is 1. The molecule has 3 rings (SSSR count). The molecule has 1 aromatic heterocycles. The number of hydrogen-bond donors (Lipinski definition) is 1. The highest BCUT2D eigenvalue weighted by atomic mass is 32.1. The van der Waals surface area contributed by atoms with Gasteiger partial charge in [-0.2, -0.15) is 0 Å². The van der Waals surface area contributed by atoms with Crippen LogP contribution < -0.4 is 10.1 Å². The van der Waals surface area contributed by atoms with Crippen LogP contribution in [0.1, 0.15) is 42.8 Å². The highest BCUT2D eigenvalue weighted by Crippen LogP contribution is 2.35. The lowest BCUT2D eigenvalue weighted by molar-refractivity contribution is 0.138. The summed E-state index contributed by atoms with van der Waals surface area (Å²) in [4.78, 5) is 4.37. The number of thiazole rings is 1. The lowest BCUT2D eigenvalue weighted by Gasteiger charge is -2.16. The monoisotopic (exact) mass is 302 g/mol. The number of rotatable bonds is 5. The van der Waals surface area contributed by atoms with Gasteiger partial charge in [0.1, 0.15) is 11.4 Å². The van der Waals surface area contributed by atoms with E-state index in [0.717, 1.165) is 25.3 Å². The van der Waals surface area contributed by atoms with Crippen LogP contribution in [0.15, 0.2) is 29.8 Å². The maximum atomic E-state index is 5.91. The molecule has 3 nitrogen and oxygen atoms in total. The van der Waals surface area contributed by atoms with Gasteiger partial charge in [0.2, 0.25) is 0 Å². The SMILES string of the molecule is CC(CNCc1ccc2c(c1)CC(C)(C)O2)c1nccs1. The van der Waals surface area contributed by atoms with E-state index in [1.165, 1.54) is 16.1 Å². The number of aromatic nitrogens is 1. The normalized spacial score (nSPS) is 17.3. The van der Waals surface area contributed by atoms with Crippen LogP contribution in [0.25, 0.3) is 0 Å². The highest BCUT2D eigenvalue weighted by Gasteiger charge is 2.29. The molecule has 0 amide bonds. The van der Waals surface area contributed by atoms with Crippen molar-refractivity contribution < 1.29 is 4.74 Å². The Labute approximate surface area is 130 Å². The van der Waals surface area contributed by atoms with Crippen molar-refractivity contribution in [2.24, 2.45) is 0 Å². The second kappa shape index (κ2) is 5.78. The summed E-state index contributed by atoms with van der Waals surface area (Å²) in [6, 6.07) is 6.53. The van der Waals surface area contributed by atoms with E-state index >= 15 is 0 Å². The minimum Gasteiger partial charge on any atom is -0.487 e. The highest BCUT2D eigenvalue weighted by molar-refractivity contribution is 7.09. The Hall–Kier alpha value is -1.39. The second-order valence-corrected chi connectivity index (χ2v) is 7.31. The maximum absolute atomic E-state index is 5.91. The zero-order valence-corrected chi connectivity index (χ0v) is 13.7. The summed E-state index contributed by atoms with van der Waals surface area (Å²) >= 11 is 1.73. The average Bonchev–Trinajstić information content (AvgIpc) is 3.03. The third-order valence-electron chi connectivity index (χ3n) is 3.78. The van der Waals surface area contributed by atoms with Crippen molar-refractivity contribution in [3.05, 3.63) is 45.9 Å². The van der Waals surface area contributed by atoms with E-state index in [9.17, 15) is 0 Å². The maximum Gasteiger partial charge on any atom is 0.123 e. The fourth-order valence-corrected chi connectivity index (χ4v) is 3.47. The first-order chi connectivity index (χ1) is 10.0. The summed E-state index contributed by atoms with van der Waals surface area (Å²) in [7, 11) is 0. The number of benzene rings is 1. The zero-order chi connectivity index (χ0) is 14.9. The molecule has 1 N–H and O–H groups in total. The van der Waals surface area contributed by atoms with Gasteiger partial charge >= 0.3 is 0 Å². The first-order valence-corrected chi connectivity index (χ1v) is 8.32. The summed E-state index contributed by atoms with van der Waals surface area (Å²) in [5.74, 6) is 1.50. The van der Waals surface area contributed by atoms with E-state index in [2.05, 4.69) is 49.3 Å². The third kappa shape index (κ3) is 3.44. The Kier molecular flexibility index (Phi) is 4.00. The molecule has 0 bridgehead atoms. The molecule has 2 aromatic rings. The van der Waals surface area contributed by atoms with Gasteiger partial charge in [-0.15, -0.1) is 11.3 Å². The van der Waals surface area contributed by atoms with Crippen LogP contribution in [0.4, 0.5) is 0 Å². The number of hydrogen-bond acceptors (Lipinski definition) is 4. The molecule has 4 heteroatoms. The van der Waals surface area contributed by atoms with Gasteiger partial charge in [-0.25, -0.2) is 4.98 Å². The third-order valence-corrected chi connectivity index (χ3v) is 4.79. The van der Waals surface area contributed by atoms with E-state index in [4.69, 9.17) is 4.74 Å². The molecule has 1 aromatic carbocycles. The Morgan fingerprint density at radius 2 is 2.29 bits per heavy atom. The van der Waals surface area contributed by atoms with Gasteiger partial charge < -0.3 is 10.1 Å². The van der Waals surface area contributed by atoms with Gasteiger partial charge in [-0.3, -0.25) is 0 Å². The van der Waals surface area contributed by atoms with Crippen LogP contribution in [0.2, 0.25) is 0 Å². The molecule has 2 heterocycles. The molecule has 0 radical (unpaired) electrons. The number of nitrogens with one attached hydrogen (secondary N) is 1. The predicted octanol–water partition coefficient (Wildman–Crippen LogP) is 3.75. The van der Waals surface area contributed by atoms with Crippen LogP contribution in [0.3, 0.4) is 0 Å². The van der Waals surface area contributed by atoms with E-state index in [-0.39, 0.29) is 5.60 Å². The second-order valence-electron chi connectivity index (χ2n) is 6.38. The van der Waals surface area contributed by atoms with E-state index < -0.39 is 0 Å². The van der Waals surface area contributed by atoms with Crippen molar-refractivity contribution in [3.8, 4) is 5.75 Å². The van der Waals surface area contributed by atoms with Gasteiger partial charge in [0.25, 0.3) is 0 Å². The van der Waals surface area contributed by atoms with Crippen LogP contribution in [-0.2, 0) is 13.0 Å². The fraction of sp³-hybridized carbons (Fsp3) is 0.471. The smallest absolute Gasteiger partial charge is 0.123 e. The summed E-state index contributed by atoms with van der Waals surface area (Å²) in [5, 5.41) is 6.76. The quantitative estimate of drug-likeness (QED) is 0.913. The largest absolute Gasteiger partial charge is 0.487 e. The van der Waals surface area contributed by atoms with Gasteiger partial charge in [0.15, 0.2) is 0 Å². The van der Waals surface area contributed by atoms with Crippen LogP contribution in [0.5, 0.6) is 5.75 Å². The average molecular weight is 302 g/mol. The molecule has 0 saturated carbocycles. The van der Waals surface area contributed by atoms with Crippen molar-refractivity contribution in [1.29, 1.82) is 0 Å².